The molecule has 0 spiro atoms. The first kappa shape index (κ1) is 13.4. The minimum Gasteiger partial charge on any atom is -0.489 e. The number of hydrogen-bond acceptors (Lipinski definition) is 2. The molecule has 0 saturated heterocycles. The second kappa shape index (κ2) is 6.27. The minimum atomic E-state index is 0.205. The highest BCUT2D eigenvalue weighted by molar-refractivity contribution is 5.83. The number of nitrogens with one attached hydrogen (secondary N) is 1. The SMILES string of the molecule is CC(CNC1CCCC1)Oc1ccc2ccccc2c1. The predicted octanol–water partition coefficient (Wildman–Crippen LogP) is 4.14. The Hall–Kier alpha value is -1.54. The van der Waals surface area contributed by atoms with Crippen LogP contribution in [0.1, 0.15) is 32.6 Å². The van der Waals surface area contributed by atoms with Crippen molar-refractivity contribution >= 4 is 10.8 Å². The number of ether oxygens (including phenoxy) is 1. The standard InChI is InChI=1S/C18H23NO/c1-14(13-19-17-8-4-5-9-17)20-18-11-10-15-6-2-3-7-16(15)12-18/h2-3,6-7,10-12,14,17,19H,4-5,8-9,13H2,1H3. The normalized spacial score (nSPS) is 17.4. The van der Waals surface area contributed by atoms with Crippen LogP contribution in [0.2, 0.25) is 0 Å². The van der Waals surface area contributed by atoms with Gasteiger partial charge in [0.1, 0.15) is 11.9 Å². The van der Waals surface area contributed by atoms with Gasteiger partial charge in [-0.05, 0) is 42.7 Å². The molecule has 2 aromatic carbocycles. The van der Waals surface area contributed by atoms with E-state index in [1.807, 2.05) is 0 Å². The molecule has 0 amide bonds. The van der Waals surface area contributed by atoms with E-state index < -0.39 is 0 Å². The van der Waals surface area contributed by atoms with E-state index in [4.69, 9.17) is 4.74 Å². The Labute approximate surface area is 121 Å². The summed E-state index contributed by atoms with van der Waals surface area (Å²) in [6, 6.07) is 15.4. The van der Waals surface area contributed by atoms with Crippen LogP contribution < -0.4 is 10.1 Å². The number of fused-ring (bicyclic) bond motifs is 1. The Morgan fingerprint density at radius 1 is 1.10 bits per heavy atom. The monoisotopic (exact) mass is 269 g/mol. The molecule has 1 N–H and O–H groups in total. The molecule has 2 aromatic rings. The van der Waals surface area contributed by atoms with E-state index in [0.717, 1.165) is 12.3 Å². The Morgan fingerprint density at radius 3 is 2.65 bits per heavy atom. The Kier molecular flexibility index (Phi) is 4.22. The van der Waals surface area contributed by atoms with Crippen LogP contribution in [0, 0.1) is 0 Å². The molecule has 0 radical (unpaired) electrons. The third kappa shape index (κ3) is 3.31. The van der Waals surface area contributed by atoms with Crippen molar-refractivity contribution in [1.82, 2.24) is 5.32 Å². The molecule has 0 aromatic heterocycles. The minimum absolute atomic E-state index is 0.205. The topological polar surface area (TPSA) is 21.3 Å². The van der Waals surface area contributed by atoms with Crippen LogP contribution in [-0.2, 0) is 0 Å². The van der Waals surface area contributed by atoms with E-state index in [-0.39, 0.29) is 6.10 Å². The Bertz CT molecular complexity index is 560. The van der Waals surface area contributed by atoms with E-state index in [2.05, 4.69) is 54.7 Å². The molecule has 1 unspecified atom stereocenters. The highest BCUT2D eigenvalue weighted by atomic mass is 16.5. The molecule has 3 rings (SSSR count). The summed E-state index contributed by atoms with van der Waals surface area (Å²) < 4.78 is 6.02. The molecule has 2 nitrogen and oxygen atoms in total. The third-order valence-corrected chi connectivity index (χ3v) is 4.11. The molecule has 20 heavy (non-hydrogen) atoms. The molecule has 0 aliphatic heterocycles. The lowest BCUT2D eigenvalue weighted by Crippen LogP contribution is -2.35. The van der Waals surface area contributed by atoms with Crippen molar-refractivity contribution in [3.63, 3.8) is 0 Å². The molecule has 1 aliphatic carbocycles. The second-order valence-electron chi connectivity index (χ2n) is 5.83. The third-order valence-electron chi connectivity index (χ3n) is 4.11. The van der Waals surface area contributed by atoms with E-state index in [1.54, 1.807) is 0 Å². The summed E-state index contributed by atoms with van der Waals surface area (Å²) in [5.41, 5.74) is 0. The molecular weight excluding hydrogens is 246 g/mol. The first-order chi connectivity index (χ1) is 9.81. The van der Waals surface area contributed by atoms with Crippen molar-refractivity contribution in [2.24, 2.45) is 0 Å². The molecule has 106 valence electrons. The van der Waals surface area contributed by atoms with Crippen LogP contribution in [-0.4, -0.2) is 18.7 Å². The molecule has 0 bridgehead atoms. The van der Waals surface area contributed by atoms with Gasteiger partial charge in [0.15, 0.2) is 0 Å². The molecule has 1 fully saturated rings. The van der Waals surface area contributed by atoms with Crippen molar-refractivity contribution in [2.45, 2.75) is 44.8 Å². The van der Waals surface area contributed by atoms with Crippen LogP contribution in [0.4, 0.5) is 0 Å². The van der Waals surface area contributed by atoms with Gasteiger partial charge in [-0.15, -0.1) is 0 Å². The lowest BCUT2D eigenvalue weighted by atomic mass is 10.1. The highest BCUT2D eigenvalue weighted by Gasteiger charge is 2.15. The first-order valence-corrected chi connectivity index (χ1v) is 7.70. The zero-order chi connectivity index (χ0) is 13.8. The predicted molar refractivity (Wildman–Crippen MR) is 84.3 cm³/mol. The summed E-state index contributed by atoms with van der Waals surface area (Å²) in [4.78, 5) is 0. The van der Waals surface area contributed by atoms with Crippen molar-refractivity contribution in [3.8, 4) is 5.75 Å². The van der Waals surface area contributed by atoms with Gasteiger partial charge in [-0.25, -0.2) is 0 Å². The molecule has 1 atom stereocenters. The van der Waals surface area contributed by atoms with E-state index in [9.17, 15) is 0 Å². The highest BCUT2D eigenvalue weighted by Crippen LogP contribution is 2.22. The van der Waals surface area contributed by atoms with E-state index in [1.165, 1.54) is 36.5 Å². The molecule has 2 heteroatoms. The van der Waals surface area contributed by atoms with Crippen molar-refractivity contribution in [2.75, 3.05) is 6.54 Å². The van der Waals surface area contributed by atoms with Gasteiger partial charge in [0.05, 0.1) is 0 Å². The molecule has 1 aliphatic rings. The zero-order valence-corrected chi connectivity index (χ0v) is 12.1. The summed E-state index contributed by atoms with van der Waals surface area (Å²) >= 11 is 0. The lowest BCUT2D eigenvalue weighted by Gasteiger charge is -2.18. The average molecular weight is 269 g/mol. The van der Waals surface area contributed by atoms with Crippen LogP contribution in [0.25, 0.3) is 10.8 Å². The fraction of sp³-hybridized carbons (Fsp3) is 0.444. The lowest BCUT2D eigenvalue weighted by molar-refractivity contribution is 0.212. The molecular formula is C18H23NO. The van der Waals surface area contributed by atoms with Crippen LogP contribution in [0.3, 0.4) is 0 Å². The summed E-state index contributed by atoms with van der Waals surface area (Å²) in [5, 5.41) is 6.11. The van der Waals surface area contributed by atoms with Crippen molar-refractivity contribution < 1.29 is 4.74 Å². The maximum Gasteiger partial charge on any atom is 0.120 e. The number of hydrogen-bond donors (Lipinski definition) is 1. The van der Waals surface area contributed by atoms with Crippen molar-refractivity contribution in [3.05, 3.63) is 42.5 Å². The quantitative estimate of drug-likeness (QED) is 0.881. The van der Waals surface area contributed by atoms with Gasteiger partial charge in [0.2, 0.25) is 0 Å². The maximum atomic E-state index is 6.02. The summed E-state index contributed by atoms with van der Waals surface area (Å²) in [6.45, 7) is 3.06. The Morgan fingerprint density at radius 2 is 1.85 bits per heavy atom. The van der Waals surface area contributed by atoms with Crippen LogP contribution in [0.15, 0.2) is 42.5 Å². The number of rotatable bonds is 5. The summed E-state index contributed by atoms with van der Waals surface area (Å²) in [6.07, 6.45) is 5.59. The first-order valence-electron chi connectivity index (χ1n) is 7.70. The van der Waals surface area contributed by atoms with Gasteiger partial charge in [0.25, 0.3) is 0 Å². The van der Waals surface area contributed by atoms with E-state index >= 15 is 0 Å². The molecule has 1 saturated carbocycles. The zero-order valence-electron chi connectivity index (χ0n) is 12.1. The maximum absolute atomic E-state index is 6.02. The van der Waals surface area contributed by atoms with Gasteiger partial charge in [-0.2, -0.15) is 0 Å². The fourth-order valence-electron chi connectivity index (χ4n) is 2.98. The van der Waals surface area contributed by atoms with Crippen LogP contribution in [0.5, 0.6) is 5.75 Å². The number of benzene rings is 2. The second-order valence-corrected chi connectivity index (χ2v) is 5.83. The fourth-order valence-corrected chi connectivity index (χ4v) is 2.98. The Balaban J connectivity index is 1.57. The van der Waals surface area contributed by atoms with Gasteiger partial charge in [0, 0.05) is 12.6 Å². The van der Waals surface area contributed by atoms with Crippen molar-refractivity contribution in [1.29, 1.82) is 0 Å². The van der Waals surface area contributed by atoms with Gasteiger partial charge < -0.3 is 10.1 Å². The van der Waals surface area contributed by atoms with E-state index in [0.29, 0.717) is 6.04 Å². The van der Waals surface area contributed by atoms with Gasteiger partial charge in [-0.1, -0.05) is 43.2 Å². The molecule has 0 heterocycles. The van der Waals surface area contributed by atoms with Crippen LogP contribution >= 0.6 is 0 Å². The summed E-state index contributed by atoms with van der Waals surface area (Å²) in [5.74, 6) is 0.962. The average Bonchev–Trinajstić information content (AvgIpc) is 2.98. The van der Waals surface area contributed by atoms with Gasteiger partial charge in [-0.3, -0.25) is 0 Å². The van der Waals surface area contributed by atoms with Gasteiger partial charge >= 0.3 is 0 Å². The summed E-state index contributed by atoms with van der Waals surface area (Å²) in [7, 11) is 0. The smallest absolute Gasteiger partial charge is 0.120 e. The largest absolute Gasteiger partial charge is 0.489 e.